The number of nitrogens with two attached hydrogens (primary N) is 1. The van der Waals surface area contributed by atoms with Gasteiger partial charge in [0.15, 0.2) is 0 Å². The molecule has 0 saturated heterocycles. The Hall–Kier alpha value is -1.47. The summed E-state index contributed by atoms with van der Waals surface area (Å²) in [7, 11) is -7.25. The molecule has 0 fully saturated rings. The number of hydrogen-bond acceptors (Lipinski definition) is 5. The third-order valence-electron chi connectivity index (χ3n) is 2.34. The van der Waals surface area contributed by atoms with Gasteiger partial charge in [-0.05, 0) is 18.2 Å². The molecule has 3 N–H and O–H groups in total. The second-order valence-electron chi connectivity index (χ2n) is 4.18. The van der Waals surface area contributed by atoms with Crippen molar-refractivity contribution in [1.29, 1.82) is 0 Å². The van der Waals surface area contributed by atoms with Gasteiger partial charge >= 0.3 is 0 Å². The smallest absolute Gasteiger partial charge is 0.240 e. The SMILES string of the molecule is CS(=O)(=O)CCNS(=O)(=O)c1ccc(C#CCN)c(F)c1. The highest BCUT2D eigenvalue weighted by Gasteiger charge is 2.16. The van der Waals surface area contributed by atoms with E-state index in [2.05, 4.69) is 16.6 Å². The first-order valence-electron chi connectivity index (χ1n) is 5.81. The third kappa shape index (κ3) is 5.81. The fourth-order valence-electron chi connectivity index (χ4n) is 1.36. The van der Waals surface area contributed by atoms with Crippen LogP contribution in [0.15, 0.2) is 23.1 Å². The van der Waals surface area contributed by atoms with Crippen LogP contribution in [-0.2, 0) is 19.9 Å². The number of halogens is 1. The van der Waals surface area contributed by atoms with Gasteiger partial charge in [0.05, 0.1) is 22.8 Å². The van der Waals surface area contributed by atoms with Crippen molar-refractivity contribution in [2.45, 2.75) is 4.90 Å². The Labute approximate surface area is 123 Å². The van der Waals surface area contributed by atoms with Crippen molar-refractivity contribution in [2.75, 3.05) is 25.1 Å². The van der Waals surface area contributed by atoms with E-state index in [4.69, 9.17) is 5.73 Å². The fourth-order valence-corrected chi connectivity index (χ4v) is 3.00. The molecule has 1 aromatic rings. The molecule has 0 spiro atoms. The molecule has 0 bridgehead atoms. The summed E-state index contributed by atoms with van der Waals surface area (Å²) in [4.78, 5) is -0.299. The maximum atomic E-state index is 13.7. The topological polar surface area (TPSA) is 106 Å². The quantitative estimate of drug-likeness (QED) is 0.703. The van der Waals surface area contributed by atoms with E-state index in [1.54, 1.807) is 0 Å². The minimum atomic E-state index is -3.97. The Morgan fingerprint density at radius 3 is 2.48 bits per heavy atom. The number of benzene rings is 1. The van der Waals surface area contributed by atoms with Crippen molar-refractivity contribution in [1.82, 2.24) is 4.72 Å². The Morgan fingerprint density at radius 1 is 1.29 bits per heavy atom. The lowest BCUT2D eigenvalue weighted by molar-refractivity contribution is 0.578. The number of sulfonamides is 1. The second kappa shape index (κ2) is 7.00. The molecule has 6 nitrogen and oxygen atoms in total. The Morgan fingerprint density at radius 2 is 1.95 bits per heavy atom. The monoisotopic (exact) mass is 334 g/mol. The van der Waals surface area contributed by atoms with Gasteiger partial charge < -0.3 is 5.73 Å². The third-order valence-corrected chi connectivity index (χ3v) is 4.75. The zero-order chi connectivity index (χ0) is 16.1. The summed E-state index contributed by atoms with van der Waals surface area (Å²) in [5, 5.41) is 0. The molecule has 0 radical (unpaired) electrons. The molecule has 0 aliphatic carbocycles. The zero-order valence-corrected chi connectivity index (χ0v) is 12.9. The molecule has 1 rings (SSSR count). The standard InChI is InChI=1S/C12H15FN2O4S2/c1-20(16,17)8-7-15-21(18,19)11-5-4-10(3-2-6-14)12(13)9-11/h4-5,9,15H,6-8,14H2,1H3. The zero-order valence-electron chi connectivity index (χ0n) is 11.3. The minimum absolute atomic E-state index is 0.0375. The van der Waals surface area contributed by atoms with E-state index in [0.29, 0.717) is 0 Å². The van der Waals surface area contributed by atoms with Crippen molar-refractivity contribution in [3.8, 4) is 11.8 Å². The highest BCUT2D eigenvalue weighted by Crippen LogP contribution is 2.14. The average Bonchev–Trinajstić information content (AvgIpc) is 2.35. The summed E-state index contributed by atoms with van der Waals surface area (Å²) >= 11 is 0. The molecule has 0 atom stereocenters. The molecule has 0 amide bonds. The summed E-state index contributed by atoms with van der Waals surface area (Å²) in [5.74, 6) is 3.80. The summed E-state index contributed by atoms with van der Waals surface area (Å²) in [6.45, 7) is -0.218. The highest BCUT2D eigenvalue weighted by atomic mass is 32.2. The van der Waals surface area contributed by atoms with Crippen LogP contribution < -0.4 is 10.5 Å². The fraction of sp³-hybridized carbons (Fsp3) is 0.333. The molecule has 0 aromatic heterocycles. The van der Waals surface area contributed by atoms with Gasteiger partial charge in [-0.15, -0.1) is 0 Å². The molecule has 21 heavy (non-hydrogen) atoms. The lowest BCUT2D eigenvalue weighted by Gasteiger charge is -2.06. The van der Waals surface area contributed by atoms with E-state index < -0.39 is 25.7 Å². The van der Waals surface area contributed by atoms with Crippen LogP contribution in [-0.4, -0.2) is 41.9 Å². The van der Waals surface area contributed by atoms with Crippen molar-refractivity contribution < 1.29 is 21.2 Å². The number of rotatable bonds is 5. The van der Waals surface area contributed by atoms with Crippen molar-refractivity contribution in [3.05, 3.63) is 29.6 Å². The van der Waals surface area contributed by atoms with E-state index >= 15 is 0 Å². The molecular formula is C12H15FN2O4S2. The van der Waals surface area contributed by atoms with Gasteiger partial charge in [0.1, 0.15) is 15.7 Å². The highest BCUT2D eigenvalue weighted by molar-refractivity contribution is 7.91. The van der Waals surface area contributed by atoms with Gasteiger partial charge in [-0.1, -0.05) is 11.8 Å². The van der Waals surface area contributed by atoms with Crippen LogP contribution >= 0.6 is 0 Å². The van der Waals surface area contributed by atoms with Crippen LogP contribution in [0.2, 0.25) is 0 Å². The van der Waals surface area contributed by atoms with Gasteiger partial charge in [0, 0.05) is 12.8 Å². The second-order valence-corrected chi connectivity index (χ2v) is 8.20. The predicted octanol–water partition coefficient (Wildman–Crippen LogP) is -0.541. The first kappa shape index (κ1) is 17.6. The van der Waals surface area contributed by atoms with Gasteiger partial charge in [0.2, 0.25) is 10.0 Å². The largest absolute Gasteiger partial charge is 0.320 e. The van der Waals surface area contributed by atoms with Crippen molar-refractivity contribution in [2.24, 2.45) is 5.73 Å². The van der Waals surface area contributed by atoms with Crippen LogP contribution in [0.1, 0.15) is 5.56 Å². The molecule has 0 heterocycles. The van der Waals surface area contributed by atoms with Gasteiger partial charge in [-0.2, -0.15) is 0 Å². The predicted molar refractivity (Wildman–Crippen MR) is 77.2 cm³/mol. The lowest BCUT2D eigenvalue weighted by Crippen LogP contribution is -2.29. The van der Waals surface area contributed by atoms with Crippen molar-refractivity contribution in [3.63, 3.8) is 0 Å². The first-order valence-corrected chi connectivity index (χ1v) is 9.36. The Balaban J connectivity index is 2.92. The van der Waals surface area contributed by atoms with E-state index in [0.717, 1.165) is 12.3 Å². The summed E-state index contributed by atoms with van der Waals surface area (Å²) in [6.07, 6.45) is 0.992. The summed E-state index contributed by atoms with van der Waals surface area (Å²) in [6, 6.07) is 3.23. The minimum Gasteiger partial charge on any atom is -0.320 e. The molecule has 0 saturated carbocycles. The molecular weight excluding hydrogens is 319 g/mol. The van der Waals surface area contributed by atoms with E-state index in [1.807, 2.05) is 0 Å². The van der Waals surface area contributed by atoms with Crippen LogP contribution in [0.25, 0.3) is 0 Å². The van der Waals surface area contributed by atoms with E-state index in [-0.39, 0.29) is 29.3 Å². The number of sulfone groups is 1. The Bertz CT molecular complexity index is 777. The van der Waals surface area contributed by atoms with E-state index in [1.165, 1.54) is 12.1 Å². The summed E-state index contributed by atoms with van der Waals surface area (Å²) in [5.41, 5.74) is 5.20. The number of hydrogen-bond donors (Lipinski definition) is 2. The lowest BCUT2D eigenvalue weighted by atomic mass is 10.2. The maximum Gasteiger partial charge on any atom is 0.240 e. The molecule has 9 heteroatoms. The van der Waals surface area contributed by atoms with Crippen molar-refractivity contribution >= 4 is 19.9 Å². The maximum absolute atomic E-state index is 13.7. The summed E-state index contributed by atoms with van der Waals surface area (Å²) < 4.78 is 61.4. The van der Waals surface area contributed by atoms with Crippen LogP contribution in [0, 0.1) is 17.7 Å². The molecule has 0 aliphatic heterocycles. The van der Waals surface area contributed by atoms with Gasteiger partial charge in [-0.25, -0.2) is 25.9 Å². The normalized spacial score (nSPS) is 11.8. The van der Waals surface area contributed by atoms with E-state index in [9.17, 15) is 21.2 Å². The van der Waals surface area contributed by atoms with Crippen LogP contribution in [0.5, 0.6) is 0 Å². The molecule has 116 valence electrons. The van der Waals surface area contributed by atoms with Crippen LogP contribution in [0.3, 0.4) is 0 Å². The molecule has 0 aliphatic rings. The molecule has 1 aromatic carbocycles. The van der Waals surface area contributed by atoms with Gasteiger partial charge in [0.25, 0.3) is 0 Å². The molecule has 0 unspecified atom stereocenters. The van der Waals surface area contributed by atoms with Crippen LogP contribution in [0.4, 0.5) is 4.39 Å². The van der Waals surface area contributed by atoms with Gasteiger partial charge in [-0.3, -0.25) is 0 Å². The number of nitrogens with one attached hydrogen (secondary N) is 1. The Kier molecular flexibility index (Phi) is 5.86. The average molecular weight is 334 g/mol. The first-order chi connectivity index (χ1) is 9.65.